The van der Waals surface area contributed by atoms with Crippen LogP contribution in [0.1, 0.15) is 50.0 Å². The van der Waals surface area contributed by atoms with Crippen LogP contribution < -0.4 is 16.0 Å². The van der Waals surface area contributed by atoms with Gasteiger partial charge in [-0.05, 0) is 44.9 Å². The van der Waals surface area contributed by atoms with Crippen molar-refractivity contribution < 1.29 is 14.3 Å². The van der Waals surface area contributed by atoms with Gasteiger partial charge in [0.2, 0.25) is 0 Å². The van der Waals surface area contributed by atoms with Crippen molar-refractivity contribution in [3.63, 3.8) is 0 Å². The average molecular weight is 391 g/mol. The molecule has 7 nitrogen and oxygen atoms in total. The minimum atomic E-state index is -0.196. The largest absolute Gasteiger partial charge is 0.379 e. The van der Waals surface area contributed by atoms with Crippen LogP contribution in [0.4, 0.5) is 4.79 Å². The number of hydrogen-bond acceptors (Lipinski definition) is 4. The van der Waals surface area contributed by atoms with Gasteiger partial charge >= 0.3 is 6.03 Å². The Morgan fingerprint density at radius 3 is 2.36 bits per heavy atom. The number of morpholine rings is 1. The smallest absolute Gasteiger partial charge is 0.315 e. The monoisotopic (exact) mass is 390 g/mol. The lowest BCUT2D eigenvalue weighted by atomic mass is 9.95. The van der Waals surface area contributed by atoms with Crippen LogP contribution in [0.2, 0.25) is 0 Å². The zero-order valence-electron chi connectivity index (χ0n) is 17.5. The zero-order chi connectivity index (χ0) is 20.6. The normalized spacial score (nSPS) is 17.0. The highest BCUT2D eigenvalue weighted by Gasteiger charge is 2.31. The van der Waals surface area contributed by atoms with E-state index in [2.05, 4.69) is 34.7 Å². The van der Waals surface area contributed by atoms with Gasteiger partial charge in [-0.25, -0.2) is 4.79 Å². The molecule has 3 N–H and O–H groups in total. The molecule has 1 aliphatic heterocycles. The molecule has 2 rings (SSSR count). The van der Waals surface area contributed by atoms with Crippen LogP contribution >= 0.6 is 0 Å². The van der Waals surface area contributed by atoms with Crippen molar-refractivity contribution in [1.82, 2.24) is 20.9 Å². The summed E-state index contributed by atoms with van der Waals surface area (Å²) < 4.78 is 5.44. The number of carbonyl (C=O) groups excluding carboxylic acids is 2. The van der Waals surface area contributed by atoms with E-state index in [0.29, 0.717) is 18.7 Å². The molecule has 0 radical (unpaired) electrons. The lowest BCUT2D eigenvalue weighted by Crippen LogP contribution is -2.56. The first kappa shape index (κ1) is 22.2. The molecule has 1 fully saturated rings. The summed E-state index contributed by atoms with van der Waals surface area (Å²) in [6.07, 6.45) is 0.955. The number of nitrogens with zero attached hydrogens (tertiary/aromatic N) is 1. The molecule has 0 aliphatic carbocycles. The number of hydrogen-bond donors (Lipinski definition) is 3. The molecule has 0 bridgehead atoms. The van der Waals surface area contributed by atoms with E-state index in [1.807, 2.05) is 26.0 Å². The molecular formula is C21H34N4O3. The van der Waals surface area contributed by atoms with Crippen LogP contribution in [0.3, 0.4) is 0 Å². The van der Waals surface area contributed by atoms with E-state index in [1.54, 1.807) is 12.1 Å². The van der Waals surface area contributed by atoms with Crippen molar-refractivity contribution in [2.45, 2.75) is 52.2 Å². The lowest BCUT2D eigenvalue weighted by Gasteiger charge is -2.43. The standard InChI is InChI=1S/C21H34N4O3/c1-5-21(4,25-10-12-28-13-11-25)15-23-19(26)18-8-6-17(7-9-18)14-22-20(27)24-16(2)3/h6-9,16H,5,10-15H2,1-4H3,(H,23,26)(H2,22,24,27). The Kier molecular flexibility index (Phi) is 8.26. The third-order valence-electron chi connectivity index (χ3n) is 5.25. The Balaban J connectivity index is 1.85. The number of amides is 3. The summed E-state index contributed by atoms with van der Waals surface area (Å²) in [7, 11) is 0. The number of rotatable bonds is 8. The van der Waals surface area contributed by atoms with Crippen LogP contribution in [0.5, 0.6) is 0 Å². The summed E-state index contributed by atoms with van der Waals surface area (Å²) in [5.74, 6) is -0.0787. The lowest BCUT2D eigenvalue weighted by molar-refractivity contribution is -0.0169. The van der Waals surface area contributed by atoms with Crippen LogP contribution in [-0.2, 0) is 11.3 Å². The van der Waals surface area contributed by atoms with Crippen molar-refractivity contribution in [2.24, 2.45) is 0 Å². The predicted octanol–water partition coefficient (Wildman–Crippen LogP) is 2.12. The maximum atomic E-state index is 12.6. The maximum absolute atomic E-state index is 12.6. The summed E-state index contributed by atoms with van der Waals surface area (Å²) in [6.45, 7) is 12.5. The molecule has 1 unspecified atom stereocenters. The van der Waals surface area contributed by atoms with Gasteiger partial charge in [0.05, 0.1) is 13.2 Å². The van der Waals surface area contributed by atoms with E-state index in [9.17, 15) is 9.59 Å². The summed E-state index contributed by atoms with van der Waals surface area (Å²) in [6, 6.07) is 7.23. The van der Waals surface area contributed by atoms with Gasteiger partial charge < -0.3 is 20.7 Å². The van der Waals surface area contributed by atoms with E-state index < -0.39 is 0 Å². The minimum absolute atomic E-state index is 0.0763. The molecule has 1 atom stereocenters. The van der Waals surface area contributed by atoms with Crippen molar-refractivity contribution >= 4 is 11.9 Å². The van der Waals surface area contributed by atoms with Gasteiger partial charge in [-0.3, -0.25) is 9.69 Å². The van der Waals surface area contributed by atoms with Crippen molar-refractivity contribution in [2.75, 3.05) is 32.8 Å². The number of nitrogens with one attached hydrogen (secondary N) is 3. The Labute approximate surface area is 168 Å². The molecule has 0 aromatic heterocycles. The predicted molar refractivity (Wildman–Crippen MR) is 110 cm³/mol. The first-order chi connectivity index (χ1) is 13.3. The van der Waals surface area contributed by atoms with E-state index >= 15 is 0 Å². The highest BCUT2D eigenvalue weighted by atomic mass is 16.5. The second-order valence-electron chi connectivity index (χ2n) is 7.81. The highest BCUT2D eigenvalue weighted by molar-refractivity contribution is 5.94. The molecule has 156 valence electrons. The molecule has 1 saturated heterocycles. The Morgan fingerprint density at radius 2 is 1.79 bits per heavy atom. The Bertz CT molecular complexity index is 642. The summed E-state index contributed by atoms with van der Waals surface area (Å²) in [5, 5.41) is 8.66. The summed E-state index contributed by atoms with van der Waals surface area (Å²) >= 11 is 0. The zero-order valence-corrected chi connectivity index (χ0v) is 17.5. The maximum Gasteiger partial charge on any atom is 0.315 e. The average Bonchev–Trinajstić information content (AvgIpc) is 2.70. The van der Waals surface area contributed by atoms with Gasteiger partial charge in [0, 0.05) is 43.3 Å². The quantitative estimate of drug-likeness (QED) is 0.635. The van der Waals surface area contributed by atoms with Gasteiger partial charge in [-0.1, -0.05) is 19.1 Å². The molecule has 7 heteroatoms. The van der Waals surface area contributed by atoms with Crippen molar-refractivity contribution in [1.29, 1.82) is 0 Å². The second-order valence-corrected chi connectivity index (χ2v) is 7.81. The molecular weight excluding hydrogens is 356 g/mol. The van der Waals surface area contributed by atoms with Gasteiger partial charge in [0.25, 0.3) is 5.91 Å². The van der Waals surface area contributed by atoms with Gasteiger partial charge in [0.15, 0.2) is 0 Å². The van der Waals surface area contributed by atoms with E-state index in [1.165, 1.54) is 0 Å². The van der Waals surface area contributed by atoms with E-state index in [-0.39, 0.29) is 23.5 Å². The topological polar surface area (TPSA) is 82.7 Å². The molecule has 1 aliphatic rings. The van der Waals surface area contributed by atoms with Gasteiger partial charge in [-0.15, -0.1) is 0 Å². The third kappa shape index (κ3) is 6.49. The third-order valence-corrected chi connectivity index (χ3v) is 5.25. The SMILES string of the molecule is CCC(C)(CNC(=O)c1ccc(CNC(=O)NC(C)C)cc1)N1CCOCC1. The molecule has 3 amide bonds. The summed E-state index contributed by atoms with van der Waals surface area (Å²) in [5.41, 5.74) is 1.49. The molecule has 28 heavy (non-hydrogen) atoms. The number of carbonyl (C=O) groups is 2. The van der Waals surface area contributed by atoms with Crippen molar-refractivity contribution in [3.05, 3.63) is 35.4 Å². The summed E-state index contributed by atoms with van der Waals surface area (Å²) in [4.78, 5) is 26.6. The van der Waals surface area contributed by atoms with Crippen LogP contribution in [0.25, 0.3) is 0 Å². The highest BCUT2D eigenvalue weighted by Crippen LogP contribution is 2.20. The number of urea groups is 1. The molecule has 0 spiro atoms. The number of ether oxygens (including phenoxy) is 1. The molecule has 1 aromatic rings. The first-order valence-electron chi connectivity index (χ1n) is 10.1. The van der Waals surface area contributed by atoms with Crippen molar-refractivity contribution in [3.8, 4) is 0 Å². The van der Waals surface area contributed by atoms with Crippen LogP contribution in [-0.4, -0.2) is 61.3 Å². The van der Waals surface area contributed by atoms with Crippen LogP contribution in [0, 0.1) is 0 Å². The first-order valence-corrected chi connectivity index (χ1v) is 10.1. The van der Waals surface area contributed by atoms with Gasteiger partial charge in [0.1, 0.15) is 0 Å². The molecule has 1 heterocycles. The molecule has 1 aromatic carbocycles. The van der Waals surface area contributed by atoms with E-state index in [4.69, 9.17) is 4.74 Å². The number of benzene rings is 1. The molecule has 0 saturated carbocycles. The fourth-order valence-corrected chi connectivity index (χ4v) is 3.21. The van der Waals surface area contributed by atoms with E-state index in [0.717, 1.165) is 38.3 Å². The Morgan fingerprint density at radius 1 is 1.14 bits per heavy atom. The van der Waals surface area contributed by atoms with Crippen LogP contribution in [0.15, 0.2) is 24.3 Å². The Hall–Kier alpha value is -2.12. The second kappa shape index (κ2) is 10.4. The fourth-order valence-electron chi connectivity index (χ4n) is 3.21. The minimum Gasteiger partial charge on any atom is -0.379 e. The fraction of sp³-hybridized carbons (Fsp3) is 0.619. The van der Waals surface area contributed by atoms with Gasteiger partial charge in [-0.2, -0.15) is 0 Å².